The molecule has 1 fully saturated rings. The third-order valence-corrected chi connectivity index (χ3v) is 5.86. The van der Waals surface area contributed by atoms with Crippen molar-refractivity contribution in [1.29, 1.82) is 0 Å². The van der Waals surface area contributed by atoms with Crippen molar-refractivity contribution < 1.29 is 29.6 Å². The number of carboxylic acids is 1. The Morgan fingerprint density at radius 3 is 2.65 bits per heavy atom. The number of aliphatic hydroxyl groups excluding tert-OH is 2. The molecule has 7 nitrogen and oxygen atoms in total. The molecule has 1 saturated heterocycles. The number of rotatable bonds is 7. The number of carboxylic acid groups (broad SMARTS) is 1. The van der Waals surface area contributed by atoms with Crippen molar-refractivity contribution in [2.24, 2.45) is 0 Å². The first kappa shape index (κ1) is 23.6. The number of hydrogen-bond donors (Lipinski definition) is 3. The maximum Gasteiger partial charge on any atom is 0.336 e. The maximum atomic E-state index is 11.6. The molecule has 3 aromatic carbocycles. The summed E-state index contributed by atoms with van der Waals surface area (Å²) in [4.78, 5) is 13.1. The van der Waals surface area contributed by atoms with Crippen molar-refractivity contribution in [3.63, 3.8) is 0 Å². The van der Waals surface area contributed by atoms with Crippen LogP contribution in [0.25, 0.3) is 6.08 Å². The highest BCUT2D eigenvalue weighted by molar-refractivity contribution is 6.30. The second-order valence-corrected chi connectivity index (χ2v) is 8.26. The summed E-state index contributed by atoms with van der Waals surface area (Å²) < 4.78 is 11.2. The van der Waals surface area contributed by atoms with Crippen LogP contribution in [0.4, 0.5) is 5.69 Å². The number of anilines is 1. The molecule has 8 heteroatoms. The molecule has 0 amide bonds. The van der Waals surface area contributed by atoms with E-state index in [-0.39, 0.29) is 18.6 Å². The van der Waals surface area contributed by atoms with E-state index in [4.69, 9.17) is 21.1 Å². The van der Waals surface area contributed by atoms with Gasteiger partial charge in [0, 0.05) is 28.3 Å². The molecule has 176 valence electrons. The van der Waals surface area contributed by atoms with Crippen LogP contribution in [-0.2, 0) is 6.61 Å². The van der Waals surface area contributed by atoms with Gasteiger partial charge in [-0.3, -0.25) is 0 Å². The summed E-state index contributed by atoms with van der Waals surface area (Å²) in [5, 5.41) is 31.5. The Kier molecular flexibility index (Phi) is 7.07. The van der Waals surface area contributed by atoms with Crippen LogP contribution in [0.5, 0.6) is 11.5 Å². The number of methoxy groups -OCH3 is 1. The van der Waals surface area contributed by atoms with E-state index >= 15 is 0 Å². The van der Waals surface area contributed by atoms with E-state index in [0.717, 1.165) is 0 Å². The number of nitrogens with zero attached hydrogens (tertiary/aromatic N) is 1. The molecule has 1 aliphatic heterocycles. The first-order valence-corrected chi connectivity index (χ1v) is 11.0. The SMILES string of the molecule is COc1ccc(C(=O)O)c(COc2ccccc2/C=C2\CC(O)N(c3cccc(Cl)c3)C2O)c1. The Morgan fingerprint density at radius 2 is 1.91 bits per heavy atom. The molecule has 0 radical (unpaired) electrons. The fraction of sp³-hybridized carbons (Fsp3) is 0.192. The van der Waals surface area contributed by atoms with Gasteiger partial charge in [0.05, 0.1) is 12.7 Å². The van der Waals surface area contributed by atoms with Crippen LogP contribution in [0.15, 0.2) is 72.3 Å². The zero-order chi connectivity index (χ0) is 24.2. The molecule has 3 N–H and O–H groups in total. The Morgan fingerprint density at radius 1 is 1.12 bits per heavy atom. The van der Waals surface area contributed by atoms with Gasteiger partial charge in [-0.2, -0.15) is 0 Å². The van der Waals surface area contributed by atoms with Crippen LogP contribution in [0.1, 0.15) is 27.9 Å². The number of aromatic carboxylic acids is 1. The highest BCUT2D eigenvalue weighted by Gasteiger charge is 2.35. The van der Waals surface area contributed by atoms with Crippen LogP contribution < -0.4 is 14.4 Å². The van der Waals surface area contributed by atoms with E-state index in [9.17, 15) is 20.1 Å². The zero-order valence-electron chi connectivity index (χ0n) is 18.4. The fourth-order valence-electron chi connectivity index (χ4n) is 3.95. The molecular weight excluding hydrogens is 458 g/mol. The van der Waals surface area contributed by atoms with Crippen molar-refractivity contribution in [2.75, 3.05) is 12.0 Å². The average Bonchev–Trinajstić information content (AvgIpc) is 3.10. The predicted molar refractivity (Wildman–Crippen MR) is 129 cm³/mol. The van der Waals surface area contributed by atoms with Crippen LogP contribution in [0, 0.1) is 0 Å². The maximum absolute atomic E-state index is 11.6. The summed E-state index contributed by atoms with van der Waals surface area (Å²) >= 11 is 6.07. The summed E-state index contributed by atoms with van der Waals surface area (Å²) in [6.45, 7) is 0.0127. The van der Waals surface area contributed by atoms with Crippen LogP contribution in [0.2, 0.25) is 5.02 Å². The van der Waals surface area contributed by atoms with Gasteiger partial charge in [0.25, 0.3) is 0 Å². The van der Waals surface area contributed by atoms with Crippen LogP contribution >= 0.6 is 11.6 Å². The van der Waals surface area contributed by atoms with E-state index in [1.54, 1.807) is 54.6 Å². The molecule has 0 bridgehead atoms. The van der Waals surface area contributed by atoms with Gasteiger partial charge >= 0.3 is 5.97 Å². The second kappa shape index (κ2) is 10.2. The van der Waals surface area contributed by atoms with Crippen LogP contribution in [-0.4, -0.2) is 40.9 Å². The summed E-state index contributed by atoms with van der Waals surface area (Å²) in [6, 6.07) is 18.9. The highest BCUT2D eigenvalue weighted by Crippen LogP contribution is 2.35. The van der Waals surface area contributed by atoms with Gasteiger partial charge in [-0.1, -0.05) is 35.9 Å². The molecule has 1 aliphatic rings. The summed E-state index contributed by atoms with van der Waals surface area (Å²) in [6.07, 6.45) is 0.0552. The van der Waals surface area contributed by atoms with E-state index in [2.05, 4.69) is 0 Å². The Bertz CT molecular complexity index is 1230. The number of benzene rings is 3. The third kappa shape index (κ3) is 5.02. The van der Waals surface area contributed by atoms with Gasteiger partial charge in [0.1, 0.15) is 24.3 Å². The van der Waals surface area contributed by atoms with E-state index in [1.165, 1.54) is 18.1 Å². The van der Waals surface area contributed by atoms with Crippen molar-refractivity contribution in [1.82, 2.24) is 0 Å². The fourth-order valence-corrected chi connectivity index (χ4v) is 4.14. The van der Waals surface area contributed by atoms with Gasteiger partial charge in [-0.25, -0.2) is 4.79 Å². The standard InChI is InChI=1S/C26H24ClNO6/c1-33-21-9-10-22(26(31)32)18(12-21)15-34-23-8-3-2-5-16(23)11-17-13-24(29)28(25(17)30)20-7-4-6-19(27)14-20/h2-12,14,24-25,29-30H,13,15H2,1H3,(H,31,32)/b17-11+. The molecule has 0 saturated carbocycles. The van der Waals surface area contributed by atoms with Gasteiger partial charge in [-0.05, 0) is 54.1 Å². The molecular formula is C26H24ClNO6. The van der Waals surface area contributed by atoms with Crippen molar-refractivity contribution in [2.45, 2.75) is 25.5 Å². The first-order chi connectivity index (χ1) is 16.4. The second-order valence-electron chi connectivity index (χ2n) is 7.82. The van der Waals surface area contributed by atoms with E-state index in [0.29, 0.717) is 38.9 Å². The lowest BCUT2D eigenvalue weighted by atomic mass is 10.1. The molecule has 1 heterocycles. The lowest BCUT2D eigenvalue weighted by molar-refractivity contribution is 0.0693. The normalized spacial score (nSPS) is 18.8. The van der Waals surface area contributed by atoms with Crippen molar-refractivity contribution in [3.05, 3.63) is 94.0 Å². The molecule has 2 atom stereocenters. The quantitative estimate of drug-likeness (QED) is 0.455. The molecule has 3 aromatic rings. The topological polar surface area (TPSA) is 99.5 Å². The lowest BCUT2D eigenvalue weighted by Gasteiger charge is -2.26. The highest BCUT2D eigenvalue weighted by atomic mass is 35.5. The first-order valence-electron chi connectivity index (χ1n) is 10.6. The predicted octanol–water partition coefficient (Wildman–Crippen LogP) is 4.56. The number of halogens is 1. The Balaban J connectivity index is 1.58. The smallest absolute Gasteiger partial charge is 0.336 e. The van der Waals surface area contributed by atoms with Crippen molar-refractivity contribution >= 4 is 29.3 Å². The molecule has 0 aromatic heterocycles. The summed E-state index contributed by atoms with van der Waals surface area (Å²) in [5.41, 5.74) is 2.51. The van der Waals surface area contributed by atoms with Gasteiger partial charge in [0.15, 0.2) is 6.23 Å². The number of aliphatic hydroxyl groups is 2. The van der Waals surface area contributed by atoms with Gasteiger partial charge in [-0.15, -0.1) is 0 Å². The monoisotopic (exact) mass is 481 g/mol. The minimum atomic E-state index is -1.05. The van der Waals surface area contributed by atoms with E-state index < -0.39 is 18.4 Å². The average molecular weight is 482 g/mol. The van der Waals surface area contributed by atoms with Crippen molar-refractivity contribution in [3.8, 4) is 11.5 Å². The van der Waals surface area contributed by atoms with Crippen LogP contribution in [0.3, 0.4) is 0 Å². The lowest BCUT2D eigenvalue weighted by Crippen LogP contribution is -2.36. The number of carbonyl (C=O) groups is 1. The largest absolute Gasteiger partial charge is 0.497 e. The minimum Gasteiger partial charge on any atom is -0.497 e. The van der Waals surface area contributed by atoms with Gasteiger partial charge in [0.2, 0.25) is 0 Å². The van der Waals surface area contributed by atoms with E-state index in [1.807, 2.05) is 12.1 Å². The number of ether oxygens (including phenoxy) is 2. The summed E-state index contributed by atoms with van der Waals surface area (Å²) in [5.74, 6) is -0.0129. The Labute approximate surface area is 202 Å². The number of para-hydroxylation sites is 1. The molecule has 0 spiro atoms. The molecule has 34 heavy (non-hydrogen) atoms. The third-order valence-electron chi connectivity index (χ3n) is 5.63. The molecule has 4 rings (SSSR count). The number of hydrogen-bond acceptors (Lipinski definition) is 6. The minimum absolute atomic E-state index is 0.0127. The summed E-state index contributed by atoms with van der Waals surface area (Å²) in [7, 11) is 1.51. The zero-order valence-corrected chi connectivity index (χ0v) is 19.1. The molecule has 0 aliphatic carbocycles. The Hall–Kier alpha value is -3.52. The van der Waals surface area contributed by atoms with Gasteiger partial charge < -0.3 is 29.7 Å². The molecule has 2 unspecified atom stereocenters.